The normalized spacial score (nSPS) is 13.0. The number of aliphatic hydroxyl groups is 2. The Kier molecular flexibility index (Phi) is 3.98. The molecule has 2 nitrogen and oxygen atoms in total. The molecule has 0 fully saturated rings. The molecule has 0 saturated carbocycles. The van der Waals surface area contributed by atoms with Gasteiger partial charge in [0.1, 0.15) is 5.76 Å². The summed E-state index contributed by atoms with van der Waals surface area (Å²) in [5.74, 6) is 0.106. The average Bonchev–Trinajstić information content (AvgIpc) is 1.68. The van der Waals surface area contributed by atoms with E-state index in [1.807, 2.05) is 0 Å². The van der Waals surface area contributed by atoms with Crippen molar-refractivity contribution in [2.45, 2.75) is 6.92 Å². The minimum atomic E-state index is -0.115. The molecule has 0 radical (unpaired) electrons. The molecule has 46 valence electrons. The highest BCUT2D eigenvalue weighted by molar-refractivity contribution is 5.08. The predicted octanol–water partition coefficient (Wildman–Crippen LogP) is 0.997. The lowest BCUT2D eigenvalue weighted by atomic mass is 10.4. The first-order chi connectivity index (χ1) is 3.81. The van der Waals surface area contributed by atoms with E-state index in [1.54, 1.807) is 13.0 Å². The third kappa shape index (κ3) is 3.43. The minimum Gasteiger partial charge on any atom is -0.508 e. The van der Waals surface area contributed by atoms with E-state index in [0.29, 0.717) is 0 Å². The van der Waals surface area contributed by atoms with E-state index in [-0.39, 0.29) is 12.4 Å². The van der Waals surface area contributed by atoms with Gasteiger partial charge in [-0.2, -0.15) is 0 Å². The zero-order valence-corrected chi connectivity index (χ0v) is 4.83. The largest absolute Gasteiger partial charge is 0.508 e. The Bertz CT molecular complexity index is 103. The van der Waals surface area contributed by atoms with E-state index in [1.165, 1.54) is 12.2 Å². The highest BCUT2D eigenvalue weighted by atomic mass is 16.3. The number of aliphatic hydroxyl groups excluding tert-OH is 2. The highest BCUT2D eigenvalue weighted by Crippen LogP contribution is 1.87. The van der Waals surface area contributed by atoms with Gasteiger partial charge < -0.3 is 10.2 Å². The van der Waals surface area contributed by atoms with Crippen LogP contribution in [0.4, 0.5) is 0 Å². The van der Waals surface area contributed by atoms with Gasteiger partial charge in [-0.3, -0.25) is 0 Å². The first-order valence-corrected chi connectivity index (χ1v) is 2.44. The number of rotatable bonds is 2. The van der Waals surface area contributed by atoms with E-state index < -0.39 is 0 Å². The Morgan fingerprint density at radius 2 is 2.25 bits per heavy atom. The fourth-order valence-electron chi connectivity index (χ4n) is 0.332. The van der Waals surface area contributed by atoms with Crippen molar-refractivity contribution in [3.8, 4) is 0 Å². The van der Waals surface area contributed by atoms with Crippen LogP contribution in [0.2, 0.25) is 0 Å². The second kappa shape index (κ2) is 4.40. The summed E-state index contributed by atoms with van der Waals surface area (Å²) in [4.78, 5) is 0. The van der Waals surface area contributed by atoms with E-state index >= 15 is 0 Å². The highest BCUT2D eigenvalue weighted by Gasteiger charge is 1.77. The van der Waals surface area contributed by atoms with Gasteiger partial charge in [0.2, 0.25) is 0 Å². The molecule has 0 aromatic carbocycles. The van der Waals surface area contributed by atoms with Crippen LogP contribution in [-0.4, -0.2) is 16.8 Å². The predicted molar refractivity (Wildman–Crippen MR) is 32.6 cm³/mol. The van der Waals surface area contributed by atoms with Crippen molar-refractivity contribution in [1.82, 2.24) is 0 Å². The van der Waals surface area contributed by atoms with E-state index in [9.17, 15) is 0 Å². The lowest BCUT2D eigenvalue weighted by molar-refractivity contribution is 0.332. The quantitative estimate of drug-likeness (QED) is 0.415. The molecule has 2 heteroatoms. The maximum Gasteiger partial charge on any atom is 0.113 e. The van der Waals surface area contributed by atoms with Gasteiger partial charge in [0, 0.05) is 0 Å². The second-order valence-corrected chi connectivity index (χ2v) is 1.31. The van der Waals surface area contributed by atoms with Crippen molar-refractivity contribution in [3.05, 3.63) is 24.0 Å². The SMILES string of the molecule is CC=CC(O)=CCO. The molecule has 0 aliphatic carbocycles. The van der Waals surface area contributed by atoms with Gasteiger partial charge in [0.15, 0.2) is 0 Å². The second-order valence-electron chi connectivity index (χ2n) is 1.31. The van der Waals surface area contributed by atoms with Crippen LogP contribution in [0.1, 0.15) is 6.92 Å². The number of hydrogen-bond acceptors (Lipinski definition) is 2. The summed E-state index contributed by atoms with van der Waals surface area (Å²) in [6.45, 7) is 1.68. The summed E-state index contributed by atoms with van der Waals surface area (Å²) < 4.78 is 0. The summed E-state index contributed by atoms with van der Waals surface area (Å²) in [5.41, 5.74) is 0. The van der Waals surface area contributed by atoms with E-state index in [0.717, 1.165) is 0 Å². The van der Waals surface area contributed by atoms with Gasteiger partial charge in [-0.15, -0.1) is 0 Å². The lowest BCUT2D eigenvalue weighted by Crippen LogP contribution is -1.77. The van der Waals surface area contributed by atoms with Crippen LogP contribution >= 0.6 is 0 Å². The van der Waals surface area contributed by atoms with Gasteiger partial charge in [-0.1, -0.05) is 6.08 Å². The van der Waals surface area contributed by atoms with Gasteiger partial charge in [-0.05, 0) is 19.1 Å². The Morgan fingerprint density at radius 3 is 2.62 bits per heavy atom. The molecule has 0 rings (SSSR count). The standard InChI is InChI=1S/C6H10O2/c1-2-3-6(8)4-5-7/h2-4,7-8H,5H2,1H3. The van der Waals surface area contributed by atoms with Crippen molar-refractivity contribution in [1.29, 1.82) is 0 Å². The zero-order valence-electron chi connectivity index (χ0n) is 4.83. The molecular weight excluding hydrogens is 104 g/mol. The summed E-state index contributed by atoms with van der Waals surface area (Å²) >= 11 is 0. The average molecular weight is 114 g/mol. The monoisotopic (exact) mass is 114 g/mol. The van der Waals surface area contributed by atoms with Crippen molar-refractivity contribution >= 4 is 0 Å². The third-order valence-corrected chi connectivity index (χ3v) is 0.638. The molecule has 0 atom stereocenters. The van der Waals surface area contributed by atoms with Crippen molar-refractivity contribution in [3.63, 3.8) is 0 Å². The van der Waals surface area contributed by atoms with E-state index in [4.69, 9.17) is 10.2 Å². The van der Waals surface area contributed by atoms with Crippen molar-refractivity contribution in [2.24, 2.45) is 0 Å². The molecule has 0 aromatic rings. The maximum absolute atomic E-state index is 8.66. The maximum atomic E-state index is 8.66. The molecule has 0 amide bonds. The van der Waals surface area contributed by atoms with Crippen LogP contribution < -0.4 is 0 Å². The minimum absolute atomic E-state index is 0.106. The molecule has 0 aliphatic heterocycles. The number of allylic oxidation sites excluding steroid dienone is 2. The molecule has 0 bridgehead atoms. The Morgan fingerprint density at radius 1 is 1.62 bits per heavy atom. The molecule has 0 spiro atoms. The molecule has 0 heterocycles. The van der Waals surface area contributed by atoms with Crippen molar-refractivity contribution < 1.29 is 10.2 Å². The molecule has 8 heavy (non-hydrogen) atoms. The third-order valence-electron chi connectivity index (χ3n) is 0.638. The first kappa shape index (κ1) is 7.24. The van der Waals surface area contributed by atoms with Gasteiger partial charge in [-0.25, -0.2) is 0 Å². The van der Waals surface area contributed by atoms with Crippen LogP contribution in [-0.2, 0) is 0 Å². The molecule has 0 aliphatic rings. The van der Waals surface area contributed by atoms with Gasteiger partial charge in [0.25, 0.3) is 0 Å². The fraction of sp³-hybridized carbons (Fsp3) is 0.333. The molecular formula is C6H10O2. The molecule has 0 saturated heterocycles. The Balaban J connectivity index is 3.61. The Hall–Kier alpha value is -0.760. The topological polar surface area (TPSA) is 40.5 Å². The number of hydrogen-bond donors (Lipinski definition) is 2. The molecule has 0 aromatic heterocycles. The van der Waals surface area contributed by atoms with Crippen LogP contribution in [0, 0.1) is 0 Å². The summed E-state index contributed by atoms with van der Waals surface area (Å²) in [6, 6.07) is 0. The molecule has 2 N–H and O–H groups in total. The summed E-state index contributed by atoms with van der Waals surface area (Å²) in [6.07, 6.45) is 4.53. The van der Waals surface area contributed by atoms with Crippen molar-refractivity contribution in [2.75, 3.05) is 6.61 Å². The smallest absolute Gasteiger partial charge is 0.113 e. The van der Waals surface area contributed by atoms with E-state index in [2.05, 4.69) is 0 Å². The van der Waals surface area contributed by atoms with Gasteiger partial charge >= 0.3 is 0 Å². The summed E-state index contributed by atoms with van der Waals surface area (Å²) in [7, 11) is 0. The lowest BCUT2D eigenvalue weighted by Gasteiger charge is -1.84. The summed E-state index contributed by atoms with van der Waals surface area (Å²) in [5, 5.41) is 16.9. The van der Waals surface area contributed by atoms with Crippen LogP contribution in [0.25, 0.3) is 0 Å². The molecule has 0 unspecified atom stereocenters. The zero-order chi connectivity index (χ0) is 6.41. The van der Waals surface area contributed by atoms with Gasteiger partial charge in [0.05, 0.1) is 6.61 Å². The first-order valence-electron chi connectivity index (χ1n) is 2.44. The Labute approximate surface area is 48.8 Å². The van der Waals surface area contributed by atoms with Crippen LogP contribution in [0.5, 0.6) is 0 Å². The van der Waals surface area contributed by atoms with Crippen LogP contribution in [0.15, 0.2) is 24.0 Å². The fourth-order valence-corrected chi connectivity index (χ4v) is 0.332. The van der Waals surface area contributed by atoms with Crippen LogP contribution in [0.3, 0.4) is 0 Å².